The molecule has 3 unspecified atom stereocenters. The molecule has 0 N–H and O–H groups in total. The van der Waals surface area contributed by atoms with Crippen molar-refractivity contribution in [3.05, 3.63) is 182 Å². The molecule has 3 nitrogen and oxygen atoms in total. The molecule has 9 aromatic rings. The third kappa shape index (κ3) is 3.43. The van der Waals surface area contributed by atoms with E-state index in [0.717, 1.165) is 5.82 Å². The molecule has 2 aromatic heterocycles. The Bertz CT molecular complexity index is 3120. The molecule has 1 aliphatic heterocycles. The standard InChI is InChI=1S/C50H31N3/c1-2-12-33(13-3-1)52-43-23-21-31(27-39(43)47-34-14-5-4-11-30(34)20-25-45(47)52)32-22-24-44-42(28-32)50-26-9-8-19-41(50)48(50)53(44)49-38-18-10-17-37-35-15-6-7-16-36(35)40(29-51-49)46(37)38/h1-29,41,48H. The van der Waals surface area contributed by atoms with Crippen molar-refractivity contribution in [2.45, 2.75) is 11.5 Å². The first-order valence-corrected chi connectivity index (χ1v) is 18.6. The van der Waals surface area contributed by atoms with E-state index in [4.69, 9.17) is 4.98 Å². The number of hydrogen-bond acceptors (Lipinski definition) is 2. The number of para-hydroxylation sites is 1. The Labute approximate surface area is 306 Å². The summed E-state index contributed by atoms with van der Waals surface area (Å²) in [6, 6.07) is 54.1. The van der Waals surface area contributed by atoms with Crippen LogP contribution in [0.25, 0.3) is 82.4 Å². The van der Waals surface area contributed by atoms with E-state index in [1.807, 2.05) is 0 Å². The molecule has 3 heterocycles. The van der Waals surface area contributed by atoms with Gasteiger partial charge < -0.3 is 9.47 Å². The Kier molecular flexibility index (Phi) is 5.16. The van der Waals surface area contributed by atoms with Crippen LogP contribution in [-0.4, -0.2) is 15.6 Å². The van der Waals surface area contributed by atoms with E-state index in [1.165, 1.54) is 93.7 Å². The van der Waals surface area contributed by atoms with Crippen molar-refractivity contribution < 1.29 is 0 Å². The molecule has 0 radical (unpaired) electrons. The summed E-state index contributed by atoms with van der Waals surface area (Å²) in [5, 5.41) is 7.68. The lowest BCUT2D eigenvalue weighted by atomic mass is 9.88. The van der Waals surface area contributed by atoms with Crippen LogP contribution in [0.1, 0.15) is 5.56 Å². The second-order valence-corrected chi connectivity index (χ2v) is 15.1. The zero-order valence-electron chi connectivity index (χ0n) is 28.7. The quantitative estimate of drug-likeness (QED) is 0.186. The smallest absolute Gasteiger partial charge is 0.141 e. The average molecular weight is 674 g/mol. The number of anilines is 2. The summed E-state index contributed by atoms with van der Waals surface area (Å²) < 4.78 is 2.42. The third-order valence-corrected chi connectivity index (χ3v) is 12.7. The summed E-state index contributed by atoms with van der Waals surface area (Å²) in [6.45, 7) is 0. The van der Waals surface area contributed by atoms with Crippen LogP contribution >= 0.6 is 0 Å². The van der Waals surface area contributed by atoms with E-state index in [9.17, 15) is 0 Å². The predicted octanol–water partition coefficient (Wildman–Crippen LogP) is 12.3. The van der Waals surface area contributed by atoms with E-state index in [1.54, 1.807) is 0 Å². The van der Waals surface area contributed by atoms with Crippen LogP contribution in [0.2, 0.25) is 0 Å². The minimum absolute atomic E-state index is 0.0584. The van der Waals surface area contributed by atoms with Gasteiger partial charge >= 0.3 is 0 Å². The summed E-state index contributed by atoms with van der Waals surface area (Å²) in [5.41, 5.74) is 13.9. The van der Waals surface area contributed by atoms with Crippen molar-refractivity contribution in [3.8, 4) is 39.1 Å². The average Bonchev–Trinajstić information content (AvgIpc) is 3.45. The van der Waals surface area contributed by atoms with Gasteiger partial charge in [-0.25, -0.2) is 4.98 Å². The molecule has 0 saturated heterocycles. The molecule has 1 fully saturated rings. The summed E-state index contributed by atoms with van der Waals surface area (Å²) >= 11 is 0. The van der Waals surface area contributed by atoms with Crippen LogP contribution in [0.4, 0.5) is 11.5 Å². The first-order chi connectivity index (χ1) is 26.3. The van der Waals surface area contributed by atoms with Gasteiger partial charge in [-0.3, -0.25) is 0 Å². The number of hydrogen-bond donors (Lipinski definition) is 0. The Morgan fingerprint density at radius 1 is 0.547 bits per heavy atom. The molecule has 1 spiro atoms. The molecular weight excluding hydrogens is 643 g/mol. The summed E-state index contributed by atoms with van der Waals surface area (Å²) in [7, 11) is 0. The lowest BCUT2D eigenvalue weighted by Gasteiger charge is -2.25. The maximum atomic E-state index is 5.29. The van der Waals surface area contributed by atoms with Crippen molar-refractivity contribution in [1.29, 1.82) is 0 Å². The Balaban J connectivity index is 1.01. The maximum Gasteiger partial charge on any atom is 0.141 e. The van der Waals surface area contributed by atoms with Gasteiger partial charge in [0.05, 0.1) is 17.1 Å². The second kappa shape index (κ2) is 9.78. The molecule has 53 heavy (non-hydrogen) atoms. The van der Waals surface area contributed by atoms with Crippen molar-refractivity contribution >= 4 is 54.9 Å². The topological polar surface area (TPSA) is 21.1 Å². The lowest BCUT2D eigenvalue weighted by Crippen LogP contribution is -2.21. The van der Waals surface area contributed by atoms with E-state index < -0.39 is 0 Å². The highest BCUT2D eigenvalue weighted by molar-refractivity contribution is 6.22. The van der Waals surface area contributed by atoms with Gasteiger partial charge in [0.2, 0.25) is 0 Å². The molecule has 3 heteroatoms. The number of pyridine rings is 1. The molecule has 13 rings (SSSR count). The summed E-state index contributed by atoms with van der Waals surface area (Å²) in [5.74, 6) is 1.47. The number of nitrogens with zero attached hydrogens (tertiary/aromatic N) is 3. The van der Waals surface area contributed by atoms with Gasteiger partial charge in [0, 0.05) is 56.0 Å². The first-order valence-electron chi connectivity index (χ1n) is 18.6. The molecule has 4 aliphatic rings. The highest BCUT2D eigenvalue weighted by atomic mass is 15.3. The molecule has 7 aromatic carbocycles. The van der Waals surface area contributed by atoms with Gasteiger partial charge in [-0.2, -0.15) is 0 Å². The Morgan fingerprint density at radius 3 is 2.23 bits per heavy atom. The largest absolute Gasteiger partial charge is 0.321 e. The van der Waals surface area contributed by atoms with Crippen LogP contribution in [0.3, 0.4) is 0 Å². The van der Waals surface area contributed by atoms with Gasteiger partial charge in [-0.1, -0.05) is 127 Å². The fourth-order valence-corrected chi connectivity index (χ4v) is 10.4. The number of benzene rings is 7. The van der Waals surface area contributed by atoms with E-state index in [0.29, 0.717) is 12.0 Å². The number of allylic oxidation sites excluding steroid dienone is 2. The highest BCUT2D eigenvalue weighted by Crippen LogP contribution is 2.70. The Hall–Kier alpha value is -6.71. The number of rotatable bonds is 3. The summed E-state index contributed by atoms with van der Waals surface area (Å²) in [4.78, 5) is 7.86. The molecule has 246 valence electrons. The van der Waals surface area contributed by atoms with Gasteiger partial charge in [-0.15, -0.1) is 0 Å². The van der Waals surface area contributed by atoms with Crippen molar-refractivity contribution in [2.24, 2.45) is 5.92 Å². The molecule has 0 bridgehead atoms. The minimum atomic E-state index is -0.0584. The number of fused-ring (bicyclic) bond motifs is 10. The zero-order chi connectivity index (χ0) is 34.4. The van der Waals surface area contributed by atoms with Crippen LogP contribution in [0.15, 0.2) is 176 Å². The fourth-order valence-electron chi connectivity index (χ4n) is 10.4. The predicted molar refractivity (Wildman–Crippen MR) is 219 cm³/mol. The molecule has 0 amide bonds. The van der Waals surface area contributed by atoms with Gasteiger partial charge in [0.1, 0.15) is 5.82 Å². The van der Waals surface area contributed by atoms with Gasteiger partial charge in [0.15, 0.2) is 0 Å². The van der Waals surface area contributed by atoms with Gasteiger partial charge in [-0.05, 0) is 86.6 Å². The maximum absolute atomic E-state index is 5.29. The fraction of sp³-hybridized carbons (Fsp3) is 0.0600. The van der Waals surface area contributed by atoms with E-state index in [-0.39, 0.29) is 5.41 Å². The van der Waals surface area contributed by atoms with Crippen LogP contribution in [-0.2, 0) is 5.41 Å². The zero-order valence-corrected chi connectivity index (χ0v) is 28.7. The van der Waals surface area contributed by atoms with Crippen LogP contribution < -0.4 is 4.90 Å². The second-order valence-electron chi connectivity index (χ2n) is 15.1. The van der Waals surface area contributed by atoms with Gasteiger partial charge in [0.25, 0.3) is 0 Å². The minimum Gasteiger partial charge on any atom is -0.321 e. The first kappa shape index (κ1) is 27.9. The van der Waals surface area contributed by atoms with E-state index >= 15 is 0 Å². The number of aromatic nitrogens is 2. The summed E-state index contributed by atoms with van der Waals surface area (Å²) in [6.07, 6.45) is 11.5. The van der Waals surface area contributed by atoms with E-state index in [2.05, 4.69) is 186 Å². The highest BCUT2D eigenvalue weighted by Gasteiger charge is 2.71. The third-order valence-electron chi connectivity index (χ3n) is 12.7. The van der Waals surface area contributed by atoms with Crippen LogP contribution in [0.5, 0.6) is 0 Å². The molecule has 3 atom stereocenters. The van der Waals surface area contributed by atoms with Crippen LogP contribution in [0, 0.1) is 5.92 Å². The molecular formula is C50H31N3. The SMILES string of the molecule is C1=CC2C3N(c4ncc5c6c(cccc46)-c4ccccc4-5)c4ccc(-c5ccc6c(c5)c5c7ccccc7ccc5n6-c5ccccc5)cc4C23C=C1. The normalized spacial score (nSPS) is 20.0. The van der Waals surface area contributed by atoms with Crippen molar-refractivity contribution in [2.75, 3.05) is 4.90 Å². The van der Waals surface area contributed by atoms with Crippen molar-refractivity contribution in [3.63, 3.8) is 0 Å². The monoisotopic (exact) mass is 673 g/mol. The Morgan fingerprint density at radius 2 is 1.30 bits per heavy atom. The lowest BCUT2D eigenvalue weighted by molar-refractivity contribution is 0.828. The molecule has 3 aliphatic carbocycles. The van der Waals surface area contributed by atoms with Crippen molar-refractivity contribution in [1.82, 2.24) is 9.55 Å². The molecule has 1 saturated carbocycles.